The van der Waals surface area contributed by atoms with Gasteiger partial charge in [0, 0.05) is 0 Å². The Morgan fingerprint density at radius 2 is 0.354 bits per heavy atom. The van der Waals surface area contributed by atoms with Gasteiger partial charge in [0.05, 0.1) is 0 Å². The smallest absolute Gasteiger partial charge is 0.00264 e. The molecule has 0 unspecified atom stereocenters. The summed E-state index contributed by atoms with van der Waals surface area (Å²) in [6, 6.07) is 66.4. The number of hydrogen-bond donors (Lipinski definition) is 0. The Labute approximate surface area is 282 Å². The fourth-order valence-electron chi connectivity index (χ4n) is 7.51. The molecule has 0 atom stereocenters. The molecule has 0 radical (unpaired) electrons. The molecule has 0 heteroatoms. The molecule has 48 heavy (non-hydrogen) atoms. The molecule has 0 bridgehead atoms. The van der Waals surface area contributed by atoms with Crippen LogP contribution in [0.4, 0.5) is 0 Å². The maximum atomic E-state index is 2.32. The molecule has 0 nitrogen and oxygen atoms in total. The number of benzene rings is 9. The van der Waals surface area contributed by atoms with Gasteiger partial charge in [-0.15, -0.1) is 0 Å². The van der Waals surface area contributed by atoms with Crippen molar-refractivity contribution < 1.29 is 0 Å². The van der Waals surface area contributed by atoms with Crippen molar-refractivity contribution in [3.63, 3.8) is 0 Å². The molecule has 228 valence electrons. The van der Waals surface area contributed by atoms with Crippen molar-refractivity contribution in [3.8, 4) is 44.5 Å². The summed E-state index contributed by atoms with van der Waals surface area (Å²) >= 11 is 0. The van der Waals surface area contributed by atoms with E-state index < -0.39 is 0 Å². The van der Waals surface area contributed by atoms with Crippen molar-refractivity contribution in [1.29, 1.82) is 0 Å². The van der Waals surface area contributed by atoms with Gasteiger partial charge in [-0.3, -0.25) is 0 Å². The molecular weight excluding hydrogens is 577 g/mol. The number of fused-ring (bicyclic) bond motifs is 4. The third-order valence-electron chi connectivity index (χ3n) is 9.45. The van der Waals surface area contributed by atoms with Crippen LogP contribution < -0.4 is 0 Å². The third-order valence-corrected chi connectivity index (χ3v) is 9.45. The summed E-state index contributed by atoms with van der Waals surface area (Å²) in [6.07, 6.45) is 0. The Morgan fingerprint density at radius 1 is 0.188 bits per heavy atom. The van der Waals surface area contributed by atoms with Crippen molar-refractivity contribution in [2.24, 2.45) is 0 Å². The van der Waals surface area contributed by atoms with Crippen LogP contribution in [-0.4, -0.2) is 0 Å². The lowest BCUT2D eigenvalue weighted by molar-refractivity contribution is 1.50. The predicted octanol–water partition coefficient (Wildman–Crippen LogP) is 14.0. The minimum atomic E-state index is 1.23. The van der Waals surface area contributed by atoms with Crippen molar-refractivity contribution in [2.75, 3.05) is 0 Å². The first-order valence-electron chi connectivity index (χ1n) is 17.0. The first-order chi connectivity index (χ1) is 23.9. The van der Waals surface area contributed by atoms with Gasteiger partial charge in [-0.2, -0.15) is 0 Å². The Hall–Kier alpha value is -5.98. The summed E-state index contributed by atoms with van der Waals surface area (Å²) in [6.45, 7) is 4.00. The maximum Gasteiger partial charge on any atom is -0.00264 e. The van der Waals surface area contributed by atoms with Gasteiger partial charge < -0.3 is 0 Å². The molecule has 0 aliphatic heterocycles. The van der Waals surface area contributed by atoms with Crippen LogP contribution in [0.5, 0.6) is 0 Å². The normalized spacial score (nSPS) is 11.1. The van der Waals surface area contributed by atoms with E-state index in [1.807, 2.05) is 13.8 Å². The van der Waals surface area contributed by atoms with Crippen molar-refractivity contribution in [1.82, 2.24) is 0 Å². The molecule has 0 saturated carbocycles. The van der Waals surface area contributed by atoms with E-state index >= 15 is 0 Å². The molecule has 0 aliphatic carbocycles. The maximum absolute atomic E-state index is 2.32. The molecular formula is C48H36. The Bertz CT molecular complexity index is 2250. The van der Waals surface area contributed by atoms with E-state index in [1.54, 1.807) is 0 Å². The first kappa shape index (κ1) is 29.4. The fourth-order valence-corrected chi connectivity index (χ4v) is 7.51. The molecule has 9 aromatic rings. The van der Waals surface area contributed by atoms with E-state index in [0.29, 0.717) is 0 Å². The molecule has 0 aromatic heterocycles. The quantitative estimate of drug-likeness (QED) is 0.173. The molecule has 9 aromatic carbocycles. The van der Waals surface area contributed by atoms with Crippen LogP contribution in [0.3, 0.4) is 0 Å². The minimum Gasteiger partial charge on any atom is -0.0683 e. The molecule has 0 aliphatic rings. The van der Waals surface area contributed by atoms with E-state index in [4.69, 9.17) is 0 Å². The van der Waals surface area contributed by atoms with E-state index in [2.05, 4.69) is 182 Å². The van der Waals surface area contributed by atoms with Crippen LogP contribution >= 0.6 is 0 Å². The number of rotatable bonds is 4. The molecule has 0 amide bonds. The van der Waals surface area contributed by atoms with Crippen LogP contribution in [0.2, 0.25) is 0 Å². The predicted molar refractivity (Wildman–Crippen MR) is 210 cm³/mol. The van der Waals surface area contributed by atoms with Gasteiger partial charge in [-0.05, 0) is 87.6 Å². The first-order valence-corrected chi connectivity index (χ1v) is 17.0. The van der Waals surface area contributed by atoms with Crippen molar-refractivity contribution >= 4 is 43.1 Å². The van der Waals surface area contributed by atoms with Gasteiger partial charge in [0.25, 0.3) is 0 Å². The summed E-state index contributed by atoms with van der Waals surface area (Å²) in [4.78, 5) is 0. The SMILES string of the molecule is CC.c1ccc(-c2c3ccccc3c(-c3ccc(-c4c5ccccc5c(-c5ccccc5)c5ccccc45)cc3)c3ccccc23)cc1. The standard InChI is InChI=1S/C46H30.C2H6/c1-3-15-31(16-4-1)43-35-19-7-11-23-39(35)45(40-24-12-8-20-36(40)43)33-27-29-34(30-28-33)46-41-25-13-9-21-37(41)44(32-17-5-2-6-18-32)38-22-10-14-26-42(38)46;1-2/h1-30H;1-2H3. The lowest BCUT2D eigenvalue weighted by Crippen LogP contribution is -1.92. The van der Waals surface area contributed by atoms with Crippen molar-refractivity contribution in [2.45, 2.75) is 13.8 Å². The van der Waals surface area contributed by atoms with Crippen LogP contribution in [-0.2, 0) is 0 Å². The zero-order chi connectivity index (χ0) is 32.5. The average Bonchev–Trinajstić information content (AvgIpc) is 3.17. The Morgan fingerprint density at radius 3 is 0.562 bits per heavy atom. The summed E-state index contributed by atoms with van der Waals surface area (Å²) in [5.41, 5.74) is 10.1. The van der Waals surface area contributed by atoms with Crippen LogP contribution in [0.15, 0.2) is 182 Å². The van der Waals surface area contributed by atoms with Crippen molar-refractivity contribution in [3.05, 3.63) is 182 Å². The monoisotopic (exact) mass is 612 g/mol. The lowest BCUT2D eigenvalue weighted by Gasteiger charge is -2.19. The second-order valence-electron chi connectivity index (χ2n) is 12.0. The van der Waals surface area contributed by atoms with Crippen LogP contribution in [0.25, 0.3) is 87.6 Å². The Balaban J connectivity index is 0.00000165. The van der Waals surface area contributed by atoms with E-state index in [1.165, 1.54) is 87.6 Å². The highest BCUT2D eigenvalue weighted by atomic mass is 14.2. The second kappa shape index (κ2) is 12.7. The van der Waals surface area contributed by atoms with Gasteiger partial charge >= 0.3 is 0 Å². The largest absolute Gasteiger partial charge is 0.0683 e. The van der Waals surface area contributed by atoms with Gasteiger partial charge in [0.15, 0.2) is 0 Å². The lowest BCUT2D eigenvalue weighted by atomic mass is 9.84. The zero-order valence-electron chi connectivity index (χ0n) is 27.3. The molecule has 9 rings (SSSR count). The van der Waals surface area contributed by atoms with Gasteiger partial charge in [-0.25, -0.2) is 0 Å². The average molecular weight is 613 g/mol. The Kier molecular flexibility index (Phi) is 7.76. The molecule has 0 spiro atoms. The third kappa shape index (κ3) is 4.86. The zero-order valence-corrected chi connectivity index (χ0v) is 27.3. The summed E-state index contributed by atoms with van der Waals surface area (Å²) < 4.78 is 0. The highest BCUT2D eigenvalue weighted by Crippen LogP contribution is 2.46. The second-order valence-corrected chi connectivity index (χ2v) is 12.0. The highest BCUT2D eigenvalue weighted by Gasteiger charge is 2.18. The molecule has 0 saturated heterocycles. The summed E-state index contributed by atoms with van der Waals surface area (Å²) in [5.74, 6) is 0. The molecule has 0 fully saturated rings. The van der Waals surface area contributed by atoms with Crippen LogP contribution in [0, 0.1) is 0 Å². The topological polar surface area (TPSA) is 0 Å². The van der Waals surface area contributed by atoms with E-state index in [0.717, 1.165) is 0 Å². The van der Waals surface area contributed by atoms with Gasteiger partial charge in [-0.1, -0.05) is 196 Å². The fraction of sp³-hybridized carbons (Fsp3) is 0.0417. The van der Waals surface area contributed by atoms with Gasteiger partial charge in [0.2, 0.25) is 0 Å². The highest BCUT2D eigenvalue weighted by molar-refractivity contribution is 6.23. The van der Waals surface area contributed by atoms with Gasteiger partial charge in [0.1, 0.15) is 0 Å². The van der Waals surface area contributed by atoms with Crippen LogP contribution in [0.1, 0.15) is 13.8 Å². The molecule has 0 heterocycles. The minimum absolute atomic E-state index is 1.23. The molecule has 0 N–H and O–H groups in total. The summed E-state index contributed by atoms with van der Waals surface area (Å²) in [7, 11) is 0. The van der Waals surface area contributed by atoms with E-state index in [-0.39, 0.29) is 0 Å². The number of hydrogen-bond acceptors (Lipinski definition) is 0. The summed E-state index contributed by atoms with van der Waals surface area (Å²) in [5, 5.41) is 10.2. The van der Waals surface area contributed by atoms with E-state index in [9.17, 15) is 0 Å².